The Labute approximate surface area is 227 Å². The first kappa shape index (κ1) is 27.5. The standard InChI is InChI=1S/C28H27F4N5O3/c1-16(38)15-37-8-5-18(17(37)2)10-24-33-13-21(14-34-24)19-3-4-20(22(29)9-19)11-26(39)35-25-12-23(40-36-25)27(6-7-27)28(30,31)32/h3-5,8-9,12-14,16,38H,6-7,10-11,15H2,1-2H3,(H,35,36,39)/t16-/m1/s1. The van der Waals surface area contributed by atoms with Crippen LogP contribution in [0.25, 0.3) is 11.1 Å². The molecule has 5 rings (SSSR count). The lowest BCUT2D eigenvalue weighted by atomic mass is 10.0. The number of hydrogen-bond donors (Lipinski definition) is 2. The predicted octanol–water partition coefficient (Wildman–Crippen LogP) is 5.13. The van der Waals surface area contributed by atoms with E-state index in [0.717, 1.165) is 17.3 Å². The average molecular weight is 558 g/mol. The molecule has 0 spiro atoms. The fraction of sp³-hybridized carbons (Fsp3) is 0.357. The van der Waals surface area contributed by atoms with E-state index in [1.165, 1.54) is 12.1 Å². The number of amides is 1. The van der Waals surface area contributed by atoms with E-state index in [4.69, 9.17) is 4.52 Å². The van der Waals surface area contributed by atoms with Crippen LogP contribution in [0.2, 0.25) is 0 Å². The van der Waals surface area contributed by atoms with Crippen LogP contribution in [-0.4, -0.2) is 43.0 Å². The van der Waals surface area contributed by atoms with Crippen molar-refractivity contribution < 1.29 is 32.0 Å². The molecule has 3 aromatic heterocycles. The number of rotatable bonds is 9. The smallest absolute Gasteiger partial charge is 0.392 e. The summed E-state index contributed by atoms with van der Waals surface area (Å²) in [4.78, 5) is 21.2. The monoisotopic (exact) mass is 557 g/mol. The molecule has 1 atom stereocenters. The molecule has 8 nitrogen and oxygen atoms in total. The van der Waals surface area contributed by atoms with Gasteiger partial charge in [-0.2, -0.15) is 13.2 Å². The lowest BCUT2D eigenvalue weighted by Gasteiger charge is -2.14. The molecule has 210 valence electrons. The quantitative estimate of drug-likeness (QED) is 0.277. The van der Waals surface area contributed by atoms with Gasteiger partial charge >= 0.3 is 6.18 Å². The number of halogens is 4. The van der Waals surface area contributed by atoms with Crippen LogP contribution in [-0.2, 0) is 29.6 Å². The number of carbonyl (C=O) groups excluding carboxylic acids is 1. The van der Waals surface area contributed by atoms with Gasteiger partial charge in [-0.05, 0) is 55.5 Å². The molecule has 0 radical (unpaired) electrons. The number of carbonyl (C=O) groups is 1. The molecular weight excluding hydrogens is 530 g/mol. The highest BCUT2D eigenvalue weighted by atomic mass is 19.4. The molecule has 2 N–H and O–H groups in total. The third kappa shape index (κ3) is 5.62. The van der Waals surface area contributed by atoms with Crippen molar-refractivity contribution in [3.8, 4) is 11.1 Å². The van der Waals surface area contributed by atoms with Gasteiger partial charge in [0.05, 0.1) is 12.5 Å². The second-order valence-electron chi connectivity index (χ2n) is 10.2. The summed E-state index contributed by atoms with van der Waals surface area (Å²) in [6.07, 6.45) is 0.160. The molecule has 1 saturated carbocycles. The summed E-state index contributed by atoms with van der Waals surface area (Å²) in [7, 11) is 0. The van der Waals surface area contributed by atoms with Gasteiger partial charge in [-0.1, -0.05) is 17.3 Å². The average Bonchev–Trinajstić information content (AvgIpc) is 3.50. The Hall–Kier alpha value is -4.06. The highest BCUT2D eigenvalue weighted by Crippen LogP contribution is 2.59. The van der Waals surface area contributed by atoms with E-state index in [2.05, 4.69) is 20.4 Å². The maximum absolute atomic E-state index is 14.8. The van der Waals surface area contributed by atoms with E-state index in [1.54, 1.807) is 25.4 Å². The zero-order valence-electron chi connectivity index (χ0n) is 21.8. The van der Waals surface area contributed by atoms with Crippen molar-refractivity contribution in [3.63, 3.8) is 0 Å². The zero-order chi connectivity index (χ0) is 28.7. The van der Waals surface area contributed by atoms with Crippen LogP contribution in [0.4, 0.5) is 23.4 Å². The fourth-order valence-corrected chi connectivity index (χ4v) is 4.62. The summed E-state index contributed by atoms with van der Waals surface area (Å²) in [5.41, 5.74) is 1.24. The summed E-state index contributed by atoms with van der Waals surface area (Å²) in [6, 6.07) is 7.40. The topological polar surface area (TPSA) is 106 Å². The molecule has 1 aliphatic carbocycles. The third-order valence-electron chi connectivity index (χ3n) is 7.15. The number of aromatic nitrogens is 4. The molecule has 0 saturated heterocycles. The van der Waals surface area contributed by atoms with Gasteiger partial charge in [0.15, 0.2) is 11.6 Å². The molecule has 0 unspecified atom stereocenters. The van der Waals surface area contributed by atoms with Gasteiger partial charge in [0.25, 0.3) is 0 Å². The Kier molecular flexibility index (Phi) is 7.21. The summed E-state index contributed by atoms with van der Waals surface area (Å²) < 4.78 is 61.4. The minimum atomic E-state index is -4.46. The van der Waals surface area contributed by atoms with E-state index in [0.29, 0.717) is 29.9 Å². The van der Waals surface area contributed by atoms with Gasteiger partial charge in [0.2, 0.25) is 5.91 Å². The van der Waals surface area contributed by atoms with Gasteiger partial charge in [-0.15, -0.1) is 0 Å². The van der Waals surface area contributed by atoms with Gasteiger partial charge in [0.1, 0.15) is 17.1 Å². The molecule has 1 fully saturated rings. The van der Waals surface area contributed by atoms with Gasteiger partial charge in [-0.3, -0.25) is 4.79 Å². The fourth-order valence-electron chi connectivity index (χ4n) is 4.62. The second kappa shape index (κ2) is 10.5. The molecule has 12 heteroatoms. The molecule has 1 aliphatic rings. The minimum absolute atomic E-state index is 0.0942. The SMILES string of the molecule is Cc1c(Cc2ncc(-c3ccc(CC(=O)Nc4cc(C5(C(F)(F)F)CC5)on4)c(F)c3)cn2)ccn1C[C@@H](C)O. The number of benzene rings is 1. The lowest BCUT2D eigenvalue weighted by molar-refractivity contribution is -0.165. The van der Waals surface area contributed by atoms with Crippen molar-refractivity contribution >= 4 is 11.7 Å². The van der Waals surface area contributed by atoms with Crippen molar-refractivity contribution in [2.45, 2.75) is 63.8 Å². The van der Waals surface area contributed by atoms with Crippen LogP contribution < -0.4 is 5.32 Å². The molecule has 1 amide bonds. The summed E-state index contributed by atoms with van der Waals surface area (Å²) in [5, 5.41) is 15.5. The highest BCUT2D eigenvalue weighted by molar-refractivity contribution is 5.91. The molecule has 4 aromatic rings. The van der Waals surface area contributed by atoms with Crippen LogP contribution in [0.5, 0.6) is 0 Å². The minimum Gasteiger partial charge on any atom is -0.392 e. The van der Waals surface area contributed by atoms with Crippen LogP contribution in [0, 0.1) is 12.7 Å². The maximum Gasteiger partial charge on any atom is 0.401 e. The van der Waals surface area contributed by atoms with Crippen molar-refractivity contribution in [1.29, 1.82) is 0 Å². The molecule has 40 heavy (non-hydrogen) atoms. The van der Waals surface area contributed by atoms with Crippen molar-refractivity contribution in [2.75, 3.05) is 5.32 Å². The van der Waals surface area contributed by atoms with Crippen molar-refractivity contribution in [1.82, 2.24) is 19.7 Å². The molecular formula is C28H27F4N5O3. The molecule has 0 bridgehead atoms. The van der Waals surface area contributed by atoms with Crippen LogP contribution in [0.3, 0.4) is 0 Å². The predicted molar refractivity (Wildman–Crippen MR) is 137 cm³/mol. The number of aliphatic hydroxyl groups excluding tert-OH is 1. The number of nitrogens with one attached hydrogen (secondary N) is 1. The van der Waals surface area contributed by atoms with Crippen LogP contribution >= 0.6 is 0 Å². The lowest BCUT2D eigenvalue weighted by Crippen LogP contribution is -2.28. The Balaban J connectivity index is 1.20. The summed E-state index contributed by atoms with van der Waals surface area (Å²) >= 11 is 0. The van der Waals surface area contributed by atoms with E-state index < -0.39 is 29.4 Å². The maximum atomic E-state index is 14.8. The van der Waals surface area contributed by atoms with E-state index in [9.17, 15) is 27.5 Å². The van der Waals surface area contributed by atoms with Crippen molar-refractivity contribution in [2.24, 2.45) is 0 Å². The number of anilines is 1. The van der Waals surface area contributed by atoms with Gasteiger partial charge < -0.3 is 19.5 Å². The molecule has 1 aromatic carbocycles. The van der Waals surface area contributed by atoms with Crippen molar-refractivity contribution in [3.05, 3.63) is 83.1 Å². The first-order valence-electron chi connectivity index (χ1n) is 12.7. The van der Waals surface area contributed by atoms with E-state index >= 15 is 0 Å². The first-order valence-corrected chi connectivity index (χ1v) is 12.7. The highest BCUT2D eigenvalue weighted by Gasteiger charge is 2.66. The number of aliphatic hydroxyl groups is 1. The Bertz CT molecular complexity index is 1520. The Morgan fingerprint density at radius 1 is 1.15 bits per heavy atom. The van der Waals surface area contributed by atoms with Crippen LogP contribution in [0.15, 0.2) is 53.4 Å². The number of hydrogen-bond acceptors (Lipinski definition) is 6. The Morgan fingerprint density at radius 2 is 1.88 bits per heavy atom. The largest absolute Gasteiger partial charge is 0.401 e. The van der Waals surface area contributed by atoms with Gasteiger partial charge in [0, 0.05) is 48.9 Å². The first-order chi connectivity index (χ1) is 18.9. The zero-order valence-corrected chi connectivity index (χ0v) is 21.8. The number of alkyl halides is 3. The normalized spacial score (nSPS) is 15.2. The van der Waals surface area contributed by atoms with Crippen LogP contribution in [0.1, 0.15) is 48.2 Å². The Morgan fingerprint density at radius 3 is 2.50 bits per heavy atom. The second-order valence-corrected chi connectivity index (χ2v) is 10.2. The van der Waals surface area contributed by atoms with Gasteiger partial charge in [-0.25, -0.2) is 14.4 Å². The summed E-state index contributed by atoms with van der Waals surface area (Å²) in [5.74, 6) is -1.17. The summed E-state index contributed by atoms with van der Waals surface area (Å²) in [6.45, 7) is 4.20. The molecule has 0 aliphatic heterocycles. The van der Waals surface area contributed by atoms with E-state index in [1.807, 2.05) is 23.8 Å². The third-order valence-corrected chi connectivity index (χ3v) is 7.15. The number of nitrogens with zero attached hydrogens (tertiary/aromatic N) is 4. The van der Waals surface area contributed by atoms with E-state index in [-0.39, 0.29) is 36.4 Å². The molecule has 3 heterocycles.